The summed E-state index contributed by atoms with van der Waals surface area (Å²) in [5, 5.41) is 4.77. The van der Waals surface area contributed by atoms with Crippen molar-refractivity contribution in [2.45, 2.75) is 24.3 Å². The predicted octanol–water partition coefficient (Wildman–Crippen LogP) is 2.62. The summed E-state index contributed by atoms with van der Waals surface area (Å²) in [7, 11) is -3.50. The highest BCUT2D eigenvalue weighted by molar-refractivity contribution is 9.10. The van der Waals surface area contributed by atoms with E-state index in [-0.39, 0.29) is 16.7 Å². The van der Waals surface area contributed by atoms with Crippen LogP contribution in [0.4, 0.5) is 0 Å². The Hall–Kier alpha value is -1.29. The summed E-state index contributed by atoms with van der Waals surface area (Å²) in [6.07, 6.45) is 1.05. The number of hydrogen-bond acceptors (Lipinski definition) is 5. The molecule has 0 unspecified atom stereocenters. The molecule has 2 heterocycles. The van der Waals surface area contributed by atoms with Gasteiger partial charge >= 0.3 is 0 Å². The first-order valence-electron chi connectivity index (χ1n) is 7.87. The Balaban J connectivity index is 1.55. The number of thiazole rings is 1. The highest BCUT2D eigenvalue weighted by Gasteiger charge is 2.31. The number of nitrogens with zero attached hydrogens (tertiary/aromatic N) is 2. The molecule has 6 nitrogen and oxygen atoms in total. The van der Waals surface area contributed by atoms with E-state index in [0.717, 1.165) is 10.2 Å². The fourth-order valence-electron chi connectivity index (χ4n) is 2.76. The van der Waals surface area contributed by atoms with E-state index in [0.29, 0.717) is 32.5 Å². The first-order valence-corrected chi connectivity index (χ1v) is 11.0. The van der Waals surface area contributed by atoms with Gasteiger partial charge in [-0.2, -0.15) is 4.31 Å². The van der Waals surface area contributed by atoms with E-state index >= 15 is 0 Å². The van der Waals surface area contributed by atoms with Gasteiger partial charge in [0.25, 0.3) is 0 Å². The molecular formula is C16H18BrN3O3S2. The first kappa shape index (κ1) is 18.5. The molecule has 0 spiro atoms. The van der Waals surface area contributed by atoms with E-state index in [9.17, 15) is 13.2 Å². The van der Waals surface area contributed by atoms with Crippen molar-refractivity contribution in [1.29, 1.82) is 0 Å². The molecule has 1 amide bonds. The van der Waals surface area contributed by atoms with Gasteiger partial charge in [-0.3, -0.25) is 4.79 Å². The number of halogens is 1. The van der Waals surface area contributed by atoms with Crippen molar-refractivity contribution in [3.63, 3.8) is 0 Å². The standard InChI is InChI=1S/C16H18BrN3O3S2/c17-13-1-3-15(4-2-13)25(22,23)20-7-5-12(6-8-20)16(21)18-9-14-10-24-11-19-14/h1-4,10-12H,5-9H2,(H,18,21). The van der Waals surface area contributed by atoms with E-state index in [4.69, 9.17) is 0 Å². The summed E-state index contributed by atoms with van der Waals surface area (Å²) >= 11 is 4.79. The van der Waals surface area contributed by atoms with Gasteiger partial charge in [-0.1, -0.05) is 15.9 Å². The highest BCUT2D eigenvalue weighted by atomic mass is 79.9. The maximum Gasteiger partial charge on any atom is 0.243 e. The Bertz CT molecular complexity index is 815. The van der Waals surface area contributed by atoms with Gasteiger partial charge in [0.1, 0.15) is 0 Å². The van der Waals surface area contributed by atoms with E-state index in [1.54, 1.807) is 29.8 Å². The van der Waals surface area contributed by atoms with Crippen LogP contribution in [0.15, 0.2) is 44.5 Å². The number of piperidine rings is 1. The van der Waals surface area contributed by atoms with Gasteiger partial charge in [0.05, 0.1) is 22.6 Å². The summed E-state index contributed by atoms with van der Waals surface area (Å²) in [5.74, 6) is -0.191. The van der Waals surface area contributed by atoms with Gasteiger partial charge in [-0.25, -0.2) is 13.4 Å². The minimum atomic E-state index is -3.50. The molecule has 9 heteroatoms. The topological polar surface area (TPSA) is 79.4 Å². The number of hydrogen-bond donors (Lipinski definition) is 1. The summed E-state index contributed by atoms with van der Waals surface area (Å²) in [5.41, 5.74) is 2.57. The molecule has 134 valence electrons. The normalized spacial score (nSPS) is 16.7. The van der Waals surface area contributed by atoms with Crippen LogP contribution in [0.5, 0.6) is 0 Å². The average Bonchev–Trinajstić information content (AvgIpc) is 3.14. The van der Waals surface area contributed by atoms with Gasteiger partial charge in [0.15, 0.2) is 0 Å². The van der Waals surface area contributed by atoms with Crippen LogP contribution >= 0.6 is 27.3 Å². The van der Waals surface area contributed by atoms with Gasteiger partial charge < -0.3 is 5.32 Å². The van der Waals surface area contributed by atoms with Crippen LogP contribution in [0.25, 0.3) is 0 Å². The number of benzene rings is 1. The molecule has 0 atom stereocenters. The van der Waals surface area contributed by atoms with Crippen LogP contribution in [0.2, 0.25) is 0 Å². The number of nitrogens with one attached hydrogen (secondary N) is 1. The van der Waals surface area contributed by atoms with Crippen molar-refractivity contribution in [3.05, 3.63) is 45.3 Å². The predicted molar refractivity (Wildman–Crippen MR) is 99.6 cm³/mol. The molecule has 0 radical (unpaired) electrons. The van der Waals surface area contributed by atoms with Crippen molar-refractivity contribution < 1.29 is 13.2 Å². The van der Waals surface area contributed by atoms with Gasteiger partial charge in [0.2, 0.25) is 15.9 Å². The second-order valence-corrected chi connectivity index (χ2v) is 9.40. The lowest BCUT2D eigenvalue weighted by molar-refractivity contribution is -0.126. The third-order valence-corrected chi connectivity index (χ3v) is 7.28. The number of aromatic nitrogens is 1. The minimum absolute atomic E-state index is 0.0336. The molecule has 1 aromatic heterocycles. The van der Waals surface area contributed by atoms with E-state index in [2.05, 4.69) is 26.2 Å². The third kappa shape index (κ3) is 4.46. The molecule has 0 bridgehead atoms. The highest BCUT2D eigenvalue weighted by Crippen LogP contribution is 2.25. The molecule has 3 rings (SSSR count). The molecule has 2 aromatic rings. The Labute approximate surface area is 159 Å². The van der Waals surface area contributed by atoms with E-state index in [1.165, 1.54) is 15.6 Å². The number of rotatable bonds is 5. The molecule has 1 saturated heterocycles. The lowest BCUT2D eigenvalue weighted by atomic mass is 9.97. The van der Waals surface area contributed by atoms with Gasteiger partial charge in [-0.05, 0) is 37.1 Å². The van der Waals surface area contributed by atoms with Crippen molar-refractivity contribution in [2.75, 3.05) is 13.1 Å². The fraction of sp³-hybridized carbons (Fsp3) is 0.375. The maximum atomic E-state index is 12.7. The van der Waals surface area contributed by atoms with E-state index in [1.807, 2.05) is 5.38 Å². The number of carbonyl (C=O) groups excluding carboxylic acids is 1. The number of amides is 1. The maximum absolute atomic E-state index is 12.7. The third-order valence-electron chi connectivity index (χ3n) is 4.20. The SMILES string of the molecule is O=C(NCc1cscn1)C1CCN(S(=O)(=O)c2ccc(Br)cc2)CC1. The zero-order chi connectivity index (χ0) is 17.9. The van der Waals surface area contributed by atoms with Crippen molar-refractivity contribution in [2.24, 2.45) is 5.92 Å². The average molecular weight is 444 g/mol. The van der Waals surface area contributed by atoms with Crippen LogP contribution in [-0.4, -0.2) is 36.7 Å². The van der Waals surface area contributed by atoms with E-state index < -0.39 is 10.0 Å². The molecule has 25 heavy (non-hydrogen) atoms. The second-order valence-electron chi connectivity index (χ2n) is 5.83. The summed E-state index contributed by atoms with van der Waals surface area (Å²) in [6.45, 7) is 1.13. The summed E-state index contributed by atoms with van der Waals surface area (Å²) in [6, 6.07) is 6.61. The Morgan fingerprint density at radius 2 is 1.96 bits per heavy atom. The summed E-state index contributed by atoms with van der Waals surface area (Å²) < 4.78 is 27.6. The van der Waals surface area contributed by atoms with Gasteiger partial charge in [0, 0.05) is 28.9 Å². The Morgan fingerprint density at radius 1 is 1.28 bits per heavy atom. The molecule has 1 aliphatic heterocycles. The van der Waals surface area contributed by atoms with Crippen molar-refractivity contribution in [3.8, 4) is 0 Å². The molecule has 0 aliphatic carbocycles. The lowest BCUT2D eigenvalue weighted by Gasteiger charge is -2.30. The van der Waals surface area contributed by atoms with Crippen LogP contribution in [0, 0.1) is 5.92 Å². The fourth-order valence-corrected chi connectivity index (χ4v) is 5.05. The van der Waals surface area contributed by atoms with Gasteiger partial charge in [-0.15, -0.1) is 11.3 Å². The Morgan fingerprint density at radius 3 is 2.56 bits per heavy atom. The first-order chi connectivity index (χ1) is 12.0. The summed E-state index contributed by atoms with van der Waals surface area (Å²) in [4.78, 5) is 16.7. The Kier molecular flexibility index (Phi) is 5.88. The number of sulfonamides is 1. The smallest absolute Gasteiger partial charge is 0.243 e. The molecule has 1 N–H and O–H groups in total. The van der Waals surface area contributed by atoms with Crippen LogP contribution < -0.4 is 5.32 Å². The lowest BCUT2D eigenvalue weighted by Crippen LogP contribution is -2.42. The molecule has 1 fully saturated rings. The second kappa shape index (κ2) is 7.94. The van der Waals surface area contributed by atoms with Crippen LogP contribution in [-0.2, 0) is 21.4 Å². The quantitative estimate of drug-likeness (QED) is 0.769. The van der Waals surface area contributed by atoms with Crippen molar-refractivity contribution >= 4 is 43.2 Å². The largest absolute Gasteiger partial charge is 0.350 e. The molecule has 1 aromatic carbocycles. The van der Waals surface area contributed by atoms with Crippen LogP contribution in [0.3, 0.4) is 0 Å². The zero-order valence-electron chi connectivity index (χ0n) is 13.4. The molecule has 0 saturated carbocycles. The molecule has 1 aliphatic rings. The minimum Gasteiger partial charge on any atom is -0.350 e. The number of carbonyl (C=O) groups is 1. The van der Waals surface area contributed by atoms with Crippen molar-refractivity contribution in [1.82, 2.24) is 14.6 Å². The monoisotopic (exact) mass is 443 g/mol. The zero-order valence-corrected chi connectivity index (χ0v) is 16.6. The van der Waals surface area contributed by atoms with Crippen LogP contribution in [0.1, 0.15) is 18.5 Å². The molecular weight excluding hydrogens is 426 g/mol.